The lowest BCUT2D eigenvalue weighted by atomic mass is 10.0. The van der Waals surface area contributed by atoms with Crippen LogP contribution in [0.25, 0.3) is 0 Å². The molecule has 9 heteroatoms. The third-order valence-electron chi connectivity index (χ3n) is 2.83. The van der Waals surface area contributed by atoms with Crippen molar-refractivity contribution in [2.75, 3.05) is 19.8 Å². The summed E-state index contributed by atoms with van der Waals surface area (Å²) >= 11 is 0. The summed E-state index contributed by atoms with van der Waals surface area (Å²) in [5.41, 5.74) is 5.29. The van der Waals surface area contributed by atoms with Crippen LogP contribution in [-0.4, -0.2) is 77.9 Å². The third kappa shape index (κ3) is 5.12. The van der Waals surface area contributed by atoms with E-state index in [2.05, 4.69) is 5.32 Å². The highest BCUT2D eigenvalue weighted by Crippen LogP contribution is 2.20. The number of carbonyl (C=O) groups is 2. The zero-order chi connectivity index (χ0) is 15.1. The highest BCUT2D eigenvalue weighted by molar-refractivity contribution is 5.77. The molecule has 5 atom stereocenters. The Bertz CT molecular complexity index is 328. The van der Waals surface area contributed by atoms with Crippen molar-refractivity contribution >= 4 is 12.2 Å². The van der Waals surface area contributed by atoms with Crippen molar-refractivity contribution in [2.24, 2.45) is 5.73 Å². The van der Waals surface area contributed by atoms with E-state index < -0.39 is 43.2 Å². The Morgan fingerprint density at radius 1 is 1.55 bits per heavy atom. The molecule has 1 aliphatic rings. The van der Waals surface area contributed by atoms with Gasteiger partial charge in [0.05, 0.1) is 18.8 Å². The van der Waals surface area contributed by atoms with Crippen molar-refractivity contribution < 1.29 is 34.4 Å². The average molecular weight is 292 g/mol. The van der Waals surface area contributed by atoms with Crippen LogP contribution in [0.4, 0.5) is 0 Å². The van der Waals surface area contributed by atoms with Crippen LogP contribution in [0.3, 0.4) is 0 Å². The fourth-order valence-electron chi connectivity index (χ4n) is 1.67. The molecule has 0 saturated carbocycles. The van der Waals surface area contributed by atoms with Gasteiger partial charge in [-0.2, -0.15) is 0 Å². The van der Waals surface area contributed by atoms with Crippen LogP contribution in [0, 0.1) is 0 Å². The predicted molar refractivity (Wildman–Crippen MR) is 65.4 cm³/mol. The summed E-state index contributed by atoms with van der Waals surface area (Å²) in [6.45, 7) is -0.826. The molecule has 1 rings (SSSR count). The van der Waals surface area contributed by atoms with Gasteiger partial charge in [-0.3, -0.25) is 4.79 Å². The van der Waals surface area contributed by atoms with Gasteiger partial charge in [0.15, 0.2) is 6.29 Å². The third-order valence-corrected chi connectivity index (χ3v) is 2.83. The molecule has 0 aromatic rings. The van der Waals surface area contributed by atoms with Crippen LogP contribution < -0.4 is 11.1 Å². The van der Waals surface area contributed by atoms with E-state index in [9.17, 15) is 19.8 Å². The number of hydrogen-bond donors (Lipinski definition) is 5. The van der Waals surface area contributed by atoms with E-state index in [1.165, 1.54) is 0 Å². The minimum Gasteiger partial charge on any atom is -0.394 e. The van der Waals surface area contributed by atoms with Crippen LogP contribution in [0.1, 0.15) is 6.42 Å². The second-order valence-electron chi connectivity index (χ2n) is 4.50. The summed E-state index contributed by atoms with van der Waals surface area (Å²) in [7, 11) is 0. The van der Waals surface area contributed by atoms with Gasteiger partial charge in [-0.05, 0) is 0 Å². The molecule has 9 nitrogen and oxygen atoms in total. The van der Waals surface area contributed by atoms with Crippen molar-refractivity contribution in [3.63, 3.8) is 0 Å². The van der Waals surface area contributed by atoms with E-state index in [0.29, 0.717) is 6.29 Å². The minimum absolute atomic E-state index is 0.00216. The summed E-state index contributed by atoms with van der Waals surface area (Å²) in [5.74, 6) is -0.493. The number of amides is 1. The first kappa shape index (κ1) is 17.0. The molecular weight excluding hydrogens is 272 g/mol. The number of aldehydes is 1. The molecule has 1 saturated heterocycles. The first-order chi connectivity index (χ1) is 9.47. The van der Waals surface area contributed by atoms with Gasteiger partial charge in [0.2, 0.25) is 5.91 Å². The minimum atomic E-state index is -1.20. The van der Waals surface area contributed by atoms with Gasteiger partial charge in [0.1, 0.15) is 25.1 Å². The molecule has 3 unspecified atom stereocenters. The maximum absolute atomic E-state index is 11.4. The van der Waals surface area contributed by atoms with Crippen LogP contribution in [0.5, 0.6) is 0 Å². The summed E-state index contributed by atoms with van der Waals surface area (Å²) in [4.78, 5) is 21.6. The molecule has 116 valence electrons. The number of nitrogens with one attached hydrogen (secondary N) is 1. The zero-order valence-corrected chi connectivity index (χ0v) is 10.8. The Morgan fingerprint density at radius 3 is 2.85 bits per heavy atom. The van der Waals surface area contributed by atoms with Gasteiger partial charge in [-0.1, -0.05) is 0 Å². The molecule has 1 fully saturated rings. The number of aliphatic hydroxyl groups is 3. The molecule has 0 aromatic carbocycles. The molecule has 6 N–H and O–H groups in total. The molecular formula is C11H20N2O7. The number of carbonyl (C=O) groups excluding carboxylic acids is 2. The van der Waals surface area contributed by atoms with E-state index >= 15 is 0 Å². The van der Waals surface area contributed by atoms with Crippen molar-refractivity contribution in [1.82, 2.24) is 5.32 Å². The topological polar surface area (TPSA) is 151 Å². The number of rotatable bonds is 7. The number of hydrogen-bond acceptors (Lipinski definition) is 8. The molecule has 0 aromatic heterocycles. The van der Waals surface area contributed by atoms with Crippen molar-refractivity contribution in [1.29, 1.82) is 0 Å². The van der Waals surface area contributed by atoms with Crippen molar-refractivity contribution in [3.8, 4) is 0 Å². The Kier molecular flexibility index (Phi) is 6.99. The highest BCUT2D eigenvalue weighted by Gasteiger charge is 2.36. The Balaban J connectivity index is 2.30. The Morgan fingerprint density at radius 2 is 2.25 bits per heavy atom. The van der Waals surface area contributed by atoms with E-state index in [-0.39, 0.29) is 19.6 Å². The Hall–Kier alpha value is -1.10. The van der Waals surface area contributed by atoms with Crippen LogP contribution in [0.2, 0.25) is 0 Å². The fourth-order valence-corrected chi connectivity index (χ4v) is 1.67. The molecule has 0 radical (unpaired) electrons. The lowest BCUT2D eigenvalue weighted by molar-refractivity contribution is -0.255. The summed E-state index contributed by atoms with van der Waals surface area (Å²) in [6.07, 6.45) is -3.67. The SMILES string of the molecule is N[C@H](C=O)CNC(=O)COC1C[C@@H](O)C(O)C(CO)O1. The van der Waals surface area contributed by atoms with E-state index in [1.807, 2.05) is 0 Å². The van der Waals surface area contributed by atoms with Gasteiger partial charge in [0, 0.05) is 13.0 Å². The number of ether oxygens (including phenoxy) is 2. The van der Waals surface area contributed by atoms with E-state index in [4.69, 9.17) is 20.3 Å². The molecule has 1 aliphatic heterocycles. The monoisotopic (exact) mass is 292 g/mol. The van der Waals surface area contributed by atoms with Crippen molar-refractivity contribution in [3.05, 3.63) is 0 Å². The zero-order valence-electron chi connectivity index (χ0n) is 10.8. The van der Waals surface area contributed by atoms with Crippen LogP contribution in [0.15, 0.2) is 0 Å². The summed E-state index contributed by atoms with van der Waals surface area (Å²) in [6, 6.07) is -0.777. The molecule has 1 heterocycles. The molecule has 20 heavy (non-hydrogen) atoms. The second kappa shape index (κ2) is 8.25. The lowest BCUT2D eigenvalue weighted by Crippen LogP contribution is -2.51. The number of aliphatic hydroxyl groups excluding tert-OH is 3. The summed E-state index contributed by atoms with van der Waals surface area (Å²) < 4.78 is 10.3. The van der Waals surface area contributed by atoms with Crippen molar-refractivity contribution in [2.45, 2.75) is 37.1 Å². The molecule has 0 aliphatic carbocycles. The van der Waals surface area contributed by atoms with E-state index in [1.54, 1.807) is 0 Å². The maximum atomic E-state index is 11.4. The van der Waals surface area contributed by atoms with Gasteiger partial charge >= 0.3 is 0 Å². The van der Waals surface area contributed by atoms with Crippen LogP contribution >= 0.6 is 0 Å². The van der Waals surface area contributed by atoms with Gasteiger partial charge < -0.3 is 40.6 Å². The van der Waals surface area contributed by atoms with Crippen LogP contribution in [-0.2, 0) is 19.1 Å². The van der Waals surface area contributed by atoms with Gasteiger partial charge in [-0.15, -0.1) is 0 Å². The quantitative estimate of drug-likeness (QED) is 0.303. The standard InChI is InChI=1S/C11H20N2O7/c12-6(3-14)2-13-9(17)5-19-10-1-7(16)11(18)8(4-15)20-10/h3,6-8,10-11,15-16,18H,1-2,4-5,12H2,(H,13,17)/t6-,7+,8?,10?,11?/m0/s1. The number of nitrogens with two attached hydrogens (primary N) is 1. The fraction of sp³-hybridized carbons (Fsp3) is 0.818. The molecule has 1 amide bonds. The second-order valence-corrected chi connectivity index (χ2v) is 4.50. The normalized spacial score (nSPS) is 31.6. The molecule has 0 spiro atoms. The van der Waals surface area contributed by atoms with Gasteiger partial charge in [-0.25, -0.2) is 0 Å². The summed E-state index contributed by atoms with van der Waals surface area (Å²) in [5, 5.41) is 30.4. The molecule has 0 bridgehead atoms. The van der Waals surface area contributed by atoms with E-state index in [0.717, 1.165) is 0 Å². The highest BCUT2D eigenvalue weighted by atomic mass is 16.7. The predicted octanol–water partition coefficient (Wildman–Crippen LogP) is -3.53. The van der Waals surface area contributed by atoms with Gasteiger partial charge in [0.25, 0.3) is 0 Å². The average Bonchev–Trinajstić information content (AvgIpc) is 2.45. The first-order valence-corrected chi connectivity index (χ1v) is 6.19. The first-order valence-electron chi connectivity index (χ1n) is 6.19. The Labute approximate surface area is 115 Å². The smallest absolute Gasteiger partial charge is 0.246 e. The lowest BCUT2D eigenvalue weighted by Gasteiger charge is -2.35. The maximum Gasteiger partial charge on any atom is 0.246 e. The largest absolute Gasteiger partial charge is 0.394 e.